The molecule has 4 nitrogen and oxygen atoms in total. The summed E-state index contributed by atoms with van der Waals surface area (Å²) in [5, 5.41) is 7.26. The van der Waals surface area contributed by atoms with E-state index in [9.17, 15) is 0 Å². The third-order valence-corrected chi connectivity index (χ3v) is 2.67. The Balaban J connectivity index is 0.000000151. The molecule has 0 radical (unpaired) electrons. The van der Waals surface area contributed by atoms with Crippen LogP contribution in [0.15, 0.2) is 12.4 Å². The molecule has 2 rings (SSSR count). The van der Waals surface area contributed by atoms with Gasteiger partial charge in [0.15, 0.2) is 0 Å². The number of aryl methyl sites for hydroxylation is 2. The van der Waals surface area contributed by atoms with Crippen molar-refractivity contribution in [3.8, 4) is 0 Å². The highest BCUT2D eigenvalue weighted by molar-refractivity contribution is 4.98. The van der Waals surface area contributed by atoms with Crippen LogP contribution in [0.1, 0.15) is 12.5 Å². The monoisotopic (exact) mass is 210 g/mol. The van der Waals surface area contributed by atoms with Crippen LogP contribution in [-0.2, 0) is 7.05 Å². The number of rotatable bonds is 0. The fourth-order valence-corrected chi connectivity index (χ4v) is 1.49. The molecule has 0 saturated carbocycles. The Morgan fingerprint density at radius 3 is 2.47 bits per heavy atom. The van der Waals surface area contributed by atoms with Crippen LogP contribution in [-0.4, -0.2) is 47.4 Å². The van der Waals surface area contributed by atoms with Crippen LogP contribution < -0.4 is 5.32 Å². The second kappa shape index (κ2) is 5.88. The van der Waals surface area contributed by atoms with Gasteiger partial charge in [0.2, 0.25) is 0 Å². The Labute approximate surface area is 92.3 Å². The van der Waals surface area contributed by atoms with E-state index in [0.29, 0.717) is 0 Å². The Kier molecular flexibility index (Phi) is 4.78. The third-order valence-electron chi connectivity index (χ3n) is 2.67. The van der Waals surface area contributed by atoms with Crippen molar-refractivity contribution in [1.82, 2.24) is 20.0 Å². The molecule has 1 aromatic rings. The van der Waals surface area contributed by atoms with Gasteiger partial charge < -0.3 is 10.2 Å². The number of piperazine rings is 1. The molecule has 0 spiro atoms. The van der Waals surface area contributed by atoms with Gasteiger partial charge >= 0.3 is 0 Å². The fourth-order valence-electron chi connectivity index (χ4n) is 1.49. The van der Waals surface area contributed by atoms with Crippen LogP contribution in [0.5, 0.6) is 0 Å². The first kappa shape index (κ1) is 12.2. The minimum absolute atomic E-state index is 0.726. The van der Waals surface area contributed by atoms with Crippen molar-refractivity contribution in [3.63, 3.8) is 0 Å². The van der Waals surface area contributed by atoms with E-state index < -0.39 is 0 Å². The summed E-state index contributed by atoms with van der Waals surface area (Å²) >= 11 is 0. The molecule has 86 valence electrons. The second-order valence-corrected chi connectivity index (χ2v) is 4.23. The zero-order valence-corrected chi connectivity index (χ0v) is 10.2. The van der Waals surface area contributed by atoms with E-state index in [2.05, 4.69) is 29.3 Å². The van der Waals surface area contributed by atoms with Gasteiger partial charge in [-0.1, -0.05) is 0 Å². The van der Waals surface area contributed by atoms with Crippen molar-refractivity contribution in [2.45, 2.75) is 19.9 Å². The maximum Gasteiger partial charge on any atom is 0.0518 e. The molecule has 0 bridgehead atoms. The Morgan fingerprint density at radius 1 is 1.47 bits per heavy atom. The summed E-state index contributed by atoms with van der Waals surface area (Å²) in [6, 6.07) is 0.726. The maximum absolute atomic E-state index is 3.93. The van der Waals surface area contributed by atoms with Gasteiger partial charge in [0, 0.05) is 38.9 Å². The first-order valence-corrected chi connectivity index (χ1v) is 5.46. The molecule has 15 heavy (non-hydrogen) atoms. The predicted molar refractivity (Wildman–Crippen MR) is 62.9 cm³/mol. The average molecular weight is 210 g/mol. The van der Waals surface area contributed by atoms with E-state index in [1.807, 2.05) is 26.4 Å². The summed E-state index contributed by atoms with van der Waals surface area (Å²) in [4.78, 5) is 2.37. The normalized spacial score (nSPS) is 22.0. The number of aromatic nitrogens is 2. The number of nitrogens with one attached hydrogen (secondary N) is 1. The quantitative estimate of drug-likeness (QED) is 0.682. The Bertz CT molecular complexity index is 255. The molecule has 0 aliphatic carbocycles. The SMILES string of the molecule is CC1CNCCN1C.Cc1cnn(C)c1. The summed E-state index contributed by atoms with van der Waals surface area (Å²) in [6.45, 7) is 7.76. The van der Waals surface area contributed by atoms with E-state index in [4.69, 9.17) is 0 Å². The van der Waals surface area contributed by atoms with E-state index in [0.717, 1.165) is 19.1 Å². The third kappa shape index (κ3) is 4.44. The molecule has 1 aliphatic heterocycles. The summed E-state index contributed by atoms with van der Waals surface area (Å²) in [6.07, 6.45) is 3.81. The van der Waals surface area contributed by atoms with Crippen molar-refractivity contribution < 1.29 is 0 Å². The lowest BCUT2D eigenvalue weighted by molar-refractivity contribution is 0.215. The molecule has 1 N–H and O–H groups in total. The lowest BCUT2D eigenvalue weighted by Gasteiger charge is -2.29. The summed E-state index contributed by atoms with van der Waals surface area (Å²) < 4.78 is 1.79. The smallest absolute Gasteiger partial charge is 0.0518 e. The number of hydrogen-bond acceptors (Lipinski definition) is 3. The molecule has 1 aromatic heterocycles. The van der Waals surface area contributed by atoms with Crippen LogP contribution in [0.2, 0.25) is 0 Å². The lowest BCUT2D eigenvalue weighted by Crippen LogP contribution is -2.47. The van der Waals surface area contributed by atoms with Crippen LogP contribution in [0.3, 0.4) is 0 Å². The molecular weight excluding hydrogens is 188 g/mol. The van der Waals surface area contributed by atoms with Gasteiger partial charge in [-0.05, 0) is 26.5 Å². The first-order chi connectivity index (χ1) is 7.09. The van der Waals surface area contributed by atoms with Crippen LogP contribution in [0.4, 0.5) is 0 Å². The summed E-state index contributed by atoms with van der Waals surface area (Å²) in [5.41, 5.74) is 1.21. The standard InChI is InChI=1S/C6H14N2.C5H8N2/c1-6-5-7-3-4-8(6)2;1-5-3-6-7(2)4-5/h6-7H,3-5H2,1-2H3;3-4H,1-2H3. The second-order valence-electron chi connectivity index (χ2n) is 4.23. The zero-order valence-electron chi connectivity index (χ0n) is 10.2. The minimum atomic E-state index is 0.726. The van der Waals surface area contributed by atoms with Gasteiger partial charge in [0.25, 0.3) is 0 Å². The van der Waals surface area contributed by atoms with E-state index in [-0.39, 0.29) is 0 Å². The van der Waals surface area contributed by atoms with E-state index in [1.165, 1.54) is 12.1 Å². The van der Waals surface area contributed by atoms with Crippen molar-refractivity contribution in [1.29, 1.82) is 0 Å². The highest BCUT2D eigenvalue weighted by atomic mass is 15.2. The highest BCUT2D eigenvalue weighted by Gasteiger charge is 2.11. The van der Waals surface area contributed by atoms with E-state index >= 15 is 0 Å². The maximum atomic E-state index is 3.93. The predicted octanol–water partition coefficient (Wildman–Crippen LogP) is 0.638. The van der Waals surface area contributed by atoms with Crippen LogP contribution in [0.25, 0.3) is 0 Å². The topological polar surface area (TPSA) is 33.1 Å². The first-order valence-electron chi connectivity index (χ1n) is 5.46. The van der Waals surface area contributed by atoms with Gasteiger partial charge in [-0.25, -0.2) is 0 Å². The average Bonchev–Trinajstić information content (AvgIpc) is 2.56. The van der Waals surface area contributed by atoms with Gasteiger partial charge in [0.05, 0.1) is 6.20 Å². The minimum Gasteiger partial charge on any atom is -0.314 e. The van der Waals surface area contributed by atoms with Gasteiger partial charge in [-0.3, -0.25) is 4.68 Å². The van der Waals surface area contributed by atoms with Crippen LogP contribution in [0, 0.1) is 6.92 Å². The van der Waals surface area contributed by atoms with Crippen molar-refractivity contribution >= 4 is 0 Å². The number of likely N-dealkylation sites (N-methyl/N-ethyl adjacent to an activating group) is 1. The molecule has 1 unspecified atom stereocenters. The molecule has 2 heterocycles. The molecule has 1 atom stereocenters. The molecule has 0 amide bonds. The van der Waals surface area contributed by atoms with Crippen LogP contribution >= 0.6 is 0 Å². The highest BCUT2D eigenvalue weighted by Crippen LogP contribution is 1.95. The largest absolute Gasteiger partial charge is 0.314 e. The van der Waals surface area contributed by atoms with Gasteiger partial charge in [0.1, 0.15) is 0 Å². The molecular formula is C11H22N4. The van der Waals surface area contributed by atoms with Gasteiger partial charge in [-0.2, -0.15) is 5.10 Å². The summed E-state index contributed by atoms with van der Waals surface area (Å²) in [7, 11) is 4.08. The van der Waals surface area contributed by atoms with Gasteiger partial charge in [-0.15, -0.1) is 0 Å². The lowest BCUT2D eigenvalue weighted by atomic mass is 10.2. The number of nitrogens with zero attached hydrogens (tertiary/aromatic N) is 3. The summed E-state index contributed by atoms with van der Waals surface area (Å²) in [5.74, 6) is 0. The van der Waals surface area contributed by atoms with Crippen molar-refractivity contribution in [2.75, 3.05) is 26.7 Å². The molecule has 1 saturated heterocycles. The molecule has 1 fully saturated rings. The van der Waals surface area contributed by atoms with Crippen molar-refractivity contribution in [2.24, 2.45) is 7.05 Å². The number of hydrogen-bond donors (Lipinski definition) is 1. The zero-order chi connectivity index (χ0) is 11.3. The van der Waals surface area contributed by atoms with E-state index in [1.54, 1.807) is 4.68 Å². The molecule has 4 heteroatoms. The van der Waals surface area contributed by atoms with Crippen molar-refractivity contribution in [3.05, 3.63) is 18.0 Å². The molecule has 0 aromatic carbocycles. The molecule has 1 aliphatic rings. The Hall–Kier alpha value is -0.870. The Morgan fingerprint density at radius 2 is 2.20 bits per heavy atom. The fraction of sp³-hybridized carbons (Fsp3) is 0.727.